The summed E-state index contributed by atoms with van der Waals surface area (Å²) in [6.45, 7) is 0.224. The quantitative estimate of drug-likeness (QED) is 0.503. The largest absolute Gasteiger partial charge is 0.368 e. The number of nitrogen functional groups attached to an aromatic ring is 1. The van der Waals surface area contributed by atoms with Crippen LogP contribution in [0.3, 0.4) is 0 Å². The predicted octanol–water partition coefficient (Wildman–Crippen LogP) is -0.127. The zero-order valence-corrected chi connectivity index (χ0v) is 9.08. The minimum Gasteiger partial charge on any atom is -0.368 e. The van der Waals surface area contributed by atoms with Crippen LogP contribution in [0.1, 0.15) is 0 Å². The monoisotopic (exact) mass is 239 g/mol. The Morgan fingerprint density at radius 3 is 3.00 bits per heavy atom. The van der Waals surface area contributed by atoms with Crippen molar-refractivity contribution in [1.29, 1.82) is 0 Å². The summed E-state index contributed by atoms with van der Waals surface area (Å²) in [5.74, 6) is 2.47. The summed E-state index contributed by atoms with van der Waals surface area (Å²) in [6.07, 6.45) is 4.98. The van der Waals surface area contributed by atoms with E-state index >= 15 is 0 Å². The van der Waals surface area contributed by atoms with Crippen LogP contribution in [-0.2, 0) is 4.79 Å². The molecule has 0 fully saturated rings. The molecule has 0 atom stereocenters. The fourth-order valence-corrected chi connectivity index (χ4v) is 1.10. The first-order valence-corrected chi connectivity index (χ1v) is 4.73. The van der Waals surface area contributed by atoms with Gasteiger partial charge in [-0.2, -0.15) is 4.98 Å². The Labute approximate surface area is 97.6 Å². The highest BCUT2D eigenvalue weighted by molar-refractivity contribution is 6.29. The van der Waals surface area contributed by atoms with E-state index in [4.69, 9.17) is 23.8 Å². The second-order valence-corrected chi connectivity index (χ2v) is 3.16. The third-order valence-corrected chi connectivity index (χ3v) is 1.72. The van der Waals surface area contributed by atoms with E-state index in [0.717, 1.165) is 0 Å². The van der Waals surface area contributed by atoms with E-state index in [1.165, 1.54) is 6.07 Å². The molecule has 0 bridgehead atoms. The van der Waals surface area contributed by atoms with Gasteiger partial charge in [0, 0.05) is 6.07 Å². The Bertz CT molecular complexity index is 408. The van der Waals surface area contributed by atoms with Crippen molar-refractivity contribution in [1.82, 2.24) is 15.3 Å². The van der Waals surface area contributed by atoms with Crippen molar-refractivity contribution in [3.8, 4) is 12.3 Å². The third-order valence-electron chi connectivity index (χ3n) is 1.53. The number of hydrogen-bond acceptors (Lipinski definition) is 5. The molecule has 0 aromatic carbocycles. The number of anilines is 2. The van der Waals surface area contributed by atoms with Gasteiger partial charge in [0.25, 0.3) is 0 Å². The molecule has 0 unspecified atom stereocenters. The summed E-state index contributed by atoms with van der Waals surface area (Å²) in [5.41, 5.74) is 5.37. The Morgan fingerprint density at radius 1 is 1.62 bits per heavy atom. The van der Waals surface area contributed by atoms with Gasteiger partial charge < -0.3 is 16.4 Å². The number of hydrogen-bond donors (Lipinski definition) is 3. The van der Waals surface area contributed by atoms with E-state index in [9.17, 15) is 4.79 Å². The number of carbonyl (C=O) groups is 1. The topological polar surface area (TPSA) is 92.9 Å². The van der Waals surface area contributed by atoms with Gasteiger partial charge in [-0.3, -0.25) is 4.79 Å². The van der Waals surface area contributed by atoms with Gasteiger partial charge in [0.15, 0.2) is 0 Å². The number of nitrogens with one attached hydrogen (secondary N) is 2. The average Bonchev–Trinajstić information content (AvgIpc) is 2.22. The SMILES string of the molecule is C#CCNC(=O)CNc1cc(Cl)nc(N)n1. The normalized spacial score (nSPS) is 9.25. The molecule has 1 amide bonds. The molecule has 1 rings (SSSR count). The molecule has 0 spiro atoms. The smallest absolute Gasteiger partial charge is 0.240 e. The van der Waals surface area contributed by atoms with E-state index in [1.54, 1.807) is 0 Å². The van der Waals surface area contributed by atoms with Gasteiger partial charge >= 0.3 is 0 Å². The second kappa shape index (κ2) is 5.78. The molecule has 0 saturated heterocycles. The van der Waals surface area contributed by atoms with Crippen LogP contribution in [0.4, 0.5) is 11.8 Å². The first kappa shape index (κ1) is 12.1. The number of nitrogens with zero attached hydrogens (tertiary/aromatic N) is 2. The lowest BCUT2D eigenvalue weighted by Crippen LogP contribution is -2.30. The molecule has 1 aromatic heterocycles. The van der Waals surface area contributed by atoms with Crippen molar-refractivity contribution in [3.05, 3.63) is 11.2 Å². The summed E-state index contributed by atoms with van der Waals surface area (Å²) in [5, 5.41) is 5.43. The van der Waals surface area contributed by atoms with Gasteiger partial charge in [-0.1, -0.05) is 17.5 Å². The Morgan fingerprint density at radius 2 is 2.38 bits per heavy atom. The maximum Gasteiger partial charge on any atom is 0.240 e. The summed E-state index contributed by atoms with van der Waals surface area (Å²) in [4.78, 5) is 18.7. The van der Waals surface area contributed by atoms with Crippen molar-refractivity contribution >= 4 is 29.3 Å². The lowest BCUT2D eigenvalue weighted by Gasteiger charge is -2.05. The van der Waals surface area contributed by atoms with Crippen LogP contribution in [-0.4, -0.2) is 29.0 Å². The molecule has 1 aromatic rings. The summed E-state index contributed by atoms with van der Waals surface area (Å²) >= 11 is 5.65. The number of halogens is 1. The minimum absolute atomic E-state index is 0.0362. The van der Waals surface area contributed by atoms with Crippen LogP contribution in [0.25, 0.3) is 0 Å². The maximum absolute atomic E-state index is 11.2. The van der Waals surface area contributed by atoms with Crippen LogP contribution in [0.15, 0.2) is 6.07 Å². The highest BCUT2D eigenvalue weighted by atomic mass is 35.5. The van der Waals surface area contributed by atoms with Gasteiger partial charge in [0.05, 0.1) is 13.1 Å². The van der Waals surface area contributed by atoms with E-state index in [0.29, 0.717) is 5.82 Å². The van der Waals surface area contributed by atoms with Gasteiger partial charge in [0.1, 0.15) is 11.0 Å². The van der Waals surface area contributed by atoms with Crippen LogP contribution < -0.4 is 16.4 Å². The lowest BCUT2D eigenvalue weighted by molar-refractivity contribution is -0.119. The molecule has 7 heteroatoms. The van der Waals surface area contributed by atoms with Crippen LogP contribution in [0.5, 0.6) is 0 Å². The highest BCUT2D eigenvalue weighted by Gasteiger charge is 2.03. The maximum atomic E-state index is 11.2. The molecule has 0 aliphatic rings. The Kier molecular flexibility index (Phi) is 4.36. The predicted molar refractivity (Wildman–Crippen MR) is 61.8 cm³/mol. The number of nitrogens with two attached hydrogens (primary N) is 1. The third kappa shape index (κ3) is 4.02. The zero-order valence-electron chi connectivity index (χ0n) is 8.33. The molecule has 1 heterocycles. The van der Waals surface area contributed by atoms with Gasteiger partial charge in [-0.25, -0.2) is 4.98 Å². The molecule has 0 aliphatic carbocycles. The standard InChI is InChI=1S/C9H10ClN5O/c1-2-3-12-8(16)5-13-7-4-6(10)14-9(11)15-7/h1,4H,3,5H2,(H,12,16)(H3,11,13,14,15). The molecule has 4 N–H and O–H groups in total. The molecule has 0 saturated carbocycles. The van der Waals surface area contributed by atoms with Gasteiger partial charge in [-0.15, -0.1) is 6.42 Å². The average molecular weight is 240 g/mol. The summed E-state index contributed by atoms with van der Waals surface area (Å²) < 4.78 is 0. The summed E-state index contributed by atoms with van der Waals surface area (Å²) in [7, 11) is 0. The van der Waals surface area contributed by atoms with E-state index < -0.39 is 0 Å². The fraction of sp³-hybridized carbons (Fsp3) is 0.222. The molecule has 84 valence electrons. The van der Waals surface area contributed by atoms with Gasteiger partial charge in [0.2, 0.25) is 11.9 Å². The molecular weight excluding hydrogens is 230 g/mol. The van der Waals surface area contributed by atoms with Crippen LogP contribution in [0, 0.1) is 12.3 Å². The number of amides is 1. The molecule has 0 aliphatic heterocycles. The lowest BCUT2D eigenvalue weighted by atomic mass is 10.5. The van der Waals surface area contributed by atoms with Crippen molar-refractivity contribution in [2.45, 2.75) is 0 Å². The van der Waals surface area contributed by atoms with Gasteiger partial charge in [-0.05, 0) is 0 Å². The van der Waals surface area contributed by atoms with E-state index in [2.05, 4.69) is 26.5 Å². The Hall–Kier alpha value is -2.00. The van der Waals surface area contributed by atoms with E-state index in [1.807, 2.05) is 0 Å². The molecule has 6 nitrogen and oxygen atoms in total. The van der Waals surface area contributed by atoms with E-state index in [-0.39, 0.29) is 30.1 Å². The van der Waals surface area contributed by atoms with Crippen molar-refractivity contribution in [2.24, 2.45) is 0 Å². The zero-order chi connectivity index (χ0) is 12.0. The number of aromatic nitrogens is 2. The first-order valence-electron chi connectivity index (χ1n) is 4.36. The minimum atomic E-state index is -0.244. The van der Waals surface area contributed by atoms with Crippen molar-refractivity contribution in [2.75, 3.05) is 24.1 Å². The Balaban J connectivity index is 2.48. The number of terminal acetylenes is 1. The van der Waals surface area contributed by atoms with Crippen LogP contribution >= 0.6 is 11.6 Å². The van der Waals surface area contributed by atoms with Crippen molar-refractivity contribution < 1.29 is 4.79 Å². The fourth-order valence-electron chi connectivity index (χ4n) is 0.909. The first-order chi connectivity index (χ1) is 7.61. The summed E-state index contributed by atoms with van der Waals surface area (Å²) in [6, 6.07) is 1.46. The van der Waals surface area contributed by atoms with Crippen LogP contribution in [0.2, 0.25) is 5.15 Å². The highest BCUT2D eigenvalue weighted by Crippen LogP contribution is 2.11. The molecule has 0 radical (unpaired) electrons. The van der Waals surface area contributed by atoms with Crippen molar-refractivity contribution in [3.63, 3.8) is 0 Å². The number of rotatable bonds is 4. The number of carbonyl (C=O) groups excluding carboxylic acids is 1. The molecular formula is C9H10ClN5O. The molecule has 16 heavy (non-hydrogen) atoms. The second-order valence-electron chi connectivity index (χ2n) is 2.77.